The van der Waals surface area contributed by atoms with E-state index in [1.165, 1.54) is 42.1 Å². The minimum Gasteiger partial charge on any atom is -0.321 e. The van der Waals surface area contributed by atoms with Gasteiger partial charge < -0.3 is 10.6 Å². The van der Waals surface area contributed by atoms with Crippen LogP contribution in [0, 0.1) is 20.2 Å². The second-order valence-electron chi connectivity index (χ2n) is 7.83. The number of nitro groups is 2. The number of fused-ring (bicyclic) bond motifs is 2. The van der Waals surface area contributed by atoms with Crippen LogP contribution in [0.25, 0.3) is 0 Å². The van der Waals surface area contributed by atoms with E-state index in [-0.39, 0.29) is 27.3 Å². The Bertz CT molecular complexity index is 1630. The van der Waals surface area contributed by atoms with E-state index in [0.29, 0.717) is 26.7 Å². The van der Waals surface area contributed by atoms with Gasteiger partial charge in [0.1, 0.15) is 9.37 Å². The van der Waals surface area contributed by atoms with Gasteiger partial charge in [-0.05, 0) is 52.3 Å². The van der Waals surface area contributed by atoms with E-state index < -0.39 is 15.8 Å². The highest BCUT2D eigenvalue weighted by Gasteiger charge is 2.26. The molecule has 10 nitrogen and oxygen atoms in total. The summed E-state index contributed by atoms with van der Waals surface area (Å²) in [4.78, 5) is 46.9. The highest BCUT2D eigenvalue weighted by molar-refractivity contribution is 9.10. The smallest absolute Gasteiger partial charge is 0.284 e. The highest BCUT2D eigenvalue weighted by atomic mass is 79.9. The van der Waals surface area contributed by atoms with Gasteiger partial charge in [0.15, 0.2) is 0 Å². The fourth-order valence-electron chi connectivity index (χ4n) is 3.52. The fourth-order valence-corrected chi connectivity index (χ4v) is 5.44. The van der Waals surface area contributed by atoms with E-state index in [2.05, 4.69) is 39.2 Å². The number of nitrogens with zero attached hydrogens (tertiary/aromatic N) is 2. The van der Waals surface area contributed by atoms with Crippen LogP contribution in [-0.2, 0) is 0 Å². The van der Waals surface area contributed by atoms with Crippen molar-refractivity contribution in [1.29, 1.82) is 0 Å². The summed E-state index contributed by atoms with van der Waals surface area (Å²) in [5.41, 5.74) is 1.53. The monoisotopic (exact) mass is 624 g/mol. The first kappa shape index (κ1) is 27.8. The number of hydrogen-bond acceptors (Lipinski definition) is 8. The van der Waals surface area contributed by atoms with Gasteiger partial charge in [-0.2, -0.15) is 0 Å². The molecule has 2 amide bonds. The molecule has 0 saturated heterocycles. The first-order chi connectivity index (χ1) is 18.7. The van der Waals surface area contributed by atoms with Crippen LogP contribution in [0.4, 0.5) is 22.7 Å². The molecule has 0 aliphatic carbocycles. The Balaban J connectivity index is 0.000000181. The van der Waals surface area contributed by atoms with E-state index >= 15 is 0 Å². The number of amides is 2. The van der Waals surface area contributed by atoms with Crippen LogP contribution in [0.2, 0.25) is 0 Å². The zero-order valence-electron chi connectivity index (χ0n) is 19.7. The van der Waals surface area contributed by atoms with Crippen LogP contribution in [-0.4, -0.2) is 21.7 Å². The summed E-state index contributed by atoms with van der Waals surface area (Å²) in [7, 11) is 0. The molecule has 0 saturated carbocycles. The van der Waals surface area contributed by atoms with Crippen LogP contribution in [0.15, 0.2) is 104 Å². The number of carbonyl (C=O) groups is 2. The van der Waals surface area contributed by atoms with Crippen LogP contribution in [0.1, 0.15) is 20.7 Å². The highest BCUT2D eigenvalue weighted by Crippen LogP contribution is 2.42. The lowest BCUT2D eigenvalue weighted by Crippen LogP contribution is -2.13. The van der Waals surface area contributed by atoms with Crippen molar-refractivity contribution in [2.45, 2.75) is 14.7 Å². The molecule has 196 valence electrons. The Morgan fingerprint density at radius 3 is 2.23 bits per heavy atom. The summed E-state index contributed by atoms with van der Waals surface area (Å²) < 4.78 is 0.152. The van der Waals surface area contributed by atoms with E-state index in [0.717, 1.165) is 4.90 Å². The summed E-state index contributed by atoms with van der Waals surface area (Å²) in [6, 6.07) is 23.1. The van der Waals surface area contributed by atoms with E-state index in [1.54, 1.807) is 36.4 Å². The summed E-state index contributed by atoms with van der Waals surface area (Å²) >= 11 is 8.56. The number of rotatable bonds is 4. The molecule has 0 radical (unpaired) electrons. The van der Waals surface area contributed by atoms with Crippen molar-refractivity contribution >= 4 is 74.9 Å². The molecular weight excluding hydrogens is 608 g/mol. The van der Waals surface area contributed by atoms with Gasteiger partial charge in [-0.1, -0.05) is 48.2 Å². The van der Waals surface area contributed by atoms with Gasteiger partial charge in [-0.25, -0.2) is 0 Å². The molecule has 0 atom stereocenters. The molecule has 13 heteroatoms. The van der Waals surface area contributed by atoms with Gasteiger partial charge in [0.05, 0.1) is 32.3 Å². The van der Waals surface area contributed by atoms with E-state index in [4.69, 9.17) is 0 Å². The van der Waals surface area contributed by atoms with Crippen molar-refractivity contribution in [1.82, 2.24) is 0 Å². The fraction of sp³-hybridized carbons (Fsp3) is 0. The number of halogens is 1. The molecule has 0 fully saturated rings. The number of nitrogens with one attached hydrogen (secondary N) is 2. The molecule has 1 aliphatic heterocycles. The second-order valence-corrected chi connectivity index (χ2v) is 10.2. The van der Waals surface area contributed by atoms with Crippen molar-refractivity contribution in [2.24, 2.45) is 0 Å². The predicted molar refractivity (Wildman–Crippen MR) is 154 cm³/mol. The SMILES string of the molecule is O=C(Nc1ccccc1S)c1cccc([N+](=O)[O-])c1Br.O=C1Nc2ccccc2Sc2c1cccc2[N+](=O)[O-]. The number of carbonyl (C=O) groups excluding carboxylic acids is 2. The average molecular weight is 625 g/mol. The Morgan fingerprint density at radius 2 is 1.51 bits per heavy atom. The molecule has 0 bridgehead atoms. The number of para-hydroxylation sites is 2. The third-order valence-electron chi connectivity index (χ3n) is 5.35. The summed E-state index contributed by atoms with van der Waals surface area (Å²) in [6.45, 7) is 0. The first-order valence-electron chi connectivity index (χ1n) is 11.0. The van der Waals surface area contributed by atoms with Crippen molar-refractivity contribution in [3.8, 4) is 0 Å². The Hall–Kier alpha value is -4.20. The van der Waals surface area contributed by atoms with E-state index in [1.807, 2.05) is 18.2 Å². The maximum Gasteiger partial charge on any atom is 0.284 e. The molecule has 4 aromatic rings. The second kappa shape index (κ2) is 12.1. The third-order valence-corrected chi connectivity index (χ3v) is 7.79. The molecular formula is C26H17BrN4O6S2. The summed E-state index contributed by atoms with van der Waals surface area (Å²) in [6.07, 6.45) is 0. The van der Waals surface area contributed by atoms with Gasteiger partial charge >= 0.3 is 0 Å². The van der Waals surface area contributed by atoms with Crippen LogP contribution in [0.3, 0.4) is 0 Å². The largest absolute Gasteiger partial charge is 0.321 e. The number of nitro benzene ring substituents is 2. The van der Waals surface area contributed by atoms with E-state index in [9.17, 15) is 29.8 Å². The zero-order valence-corrected chi connectivity index (χ0v) is 23.0. The van der Waals surface area contributed by atoms with Crippen molar-refractivity contribution in [3.63, 3.8) is 0 Å². The topological polar surface area (TPSA) is 144 Å². The predicted octanol–water partition coefficient (Wildman–Crippen LogP) is 7.21. The lowest BCUT2D eigenvalue weighted by atomic mass is 10.2. The van der Waals surface area contributed by atoms with Crippen LogP contribution >= 0.6 is 40.3 Å². The minimum absolute atomic E-state index is 0.0469. The lowest BCUT2D eigenvalue weighted by Gasteiger charge is -2.08. The zero-order chi connectivity index (χ0) is 28.1. The molecule has 1 aliphatic rings. The van der Waals surface area contributed by atoms with Crippen molar-refractivity contribution < 1.29 is 19.4 Å². The maximum atomic E-state index is 12.2. The Kier molecular flexibility index (Phi) is 8.64. The standard InChI is InChI=1S/C13H9BrN2O3S.C13H8N2O3S/c14-12-8(4-3-6-10(12)16(18)19)13(17)15-9-5-1-2-7-11(9)20;16-13-8-4-3-6-10(15(17)18)12(8)19-11-7-2-1-5-9(11)14-13/h1-7,20H,(H,15,17);1-7H,(H,14,16). The van der Waals surface area contributed by atoms with Crippen LogP contribution in [0.5, 0.6) is 0 Å². The third kappa shape index (κ3) is 6.28. The Morgan fingerprint density at radius 1 is 0.872 bits per heavy atom. The molecule has 4 aromatic carbocycles. The van der Waals surface area contributed by atoms with Gasteiger partial charge in [-0.3, -0.25) is 29.8 Å². The molecule has 0 spiro atoms. The molecule has 5 rings (SSSR count). The first-order valence-corrected chi connectivity index (χ1v) is 13.1. The normalized spacial score (nSPS) is 11.5. The lowest BCUT2D eigenvalue weighted by molar-refractivity contribution is -0.387. The van der Waals surface area contributed by atoms with Crippen LogP contribution < -0.4 is 10.6 Å². The van der Waals surface area contributed by atoms with Gasteiger partial charge in [0.25, 0.3) is 23.2 Å². The molecule has 2 N–H and O–H groups in total. The van der Waals surface area contributed by atoms with Gasteiger partial charge in [0.2, 0.25) is 0 Å². The summed E-state index contributed by atoms with van der Waals surface area (Å²) in [5.74, 6) is -0.766. The maximum absolute atomic E-state index is 12.2. The number of hydrogen-bond donors (Lipinski definition) is 3. The quantitative estimate of drug-likeness (QED) is 0.123. The molecule has 0 unspecified atom stereocenters. The minimum atomic E-state index is -0.548. The summed E-state index contributed by atoms with van der Waals surface area (Å²) in [5, 5.41) is 27.3. The van der Waals surface area contributed by atoms with Gasteiger partial charge in [-0.15, -0.1) is 12.6 Å². The average Bonchev–Trinajstić information content (AvgIpc) is 3.05. The molecule has 39 heavy (non-hydrogen) atoms. The van der Waals surface area contributed by atoms with Crippen molar-refractivity contribution in [3.05, 3.63) is 121 Å². The number of benzene rings is 4. The Labute approximate surface area is 239 Å². The molecule has 1 heterocycles. The number of thiol groups is 1. The van der Waals surface area contributed by atoms with Crippen molar-refractivity contribution in [2.75, 3.05) is 10.6 Å². The number of anilines is 2. The van der Waals surface area contributed by atoms with Gasteiger partial charge in [0, 0.05) is 21.9 Å². The molecule has 0 aromatic heterocycles.